The maximum absolute atomic E-state index is 2.33. The number of rotatable bonds is 9. The van der Waals surface area contributed by atoms with E-state index in [0.29, 0.717) is 5.92 Å². The fourth-order valence-electron chi connectivity index (χ4n) is 2.38. The quantitative estimate of drug-likeness (QED) is 0.431. The van der Waals surface area contributed by atoms with Gasteiger partial charge in [0.15, 0.2) is 12.4 Å². The van der Waals surface area contributed by atoms with Crippen molar-refractivity contribution in [3.05, 3.63) is 30.1 Å². The number of pyridine rings is 1. The van der Waals surface area contributed by atoms with Crippen LogP contribution in [0.15, 0.2) is 24.5 Å². The molecule has 1 aromatic rings. The van der Waals surface area contributed by atoms with E-state index in [1.165, 1.54) is 50.6 Å². The average Bonchev–Trinajstić information content (AvgIpc) is 2.42. The van der Waals surface area contributed by atoms with Crippen molar-refractivity contribution < 1.29 is 4.57 Å². The summed E-state index contributed by atoms with van der Waals surface area (Å²) < 4.78 is 2.33. The van der Waals surface area contributed by atoms with Crippen LogP contribution in [0.25, 0.3) is 0 Å². The molecule has 0 aliphatic rings. The summed E-state index contributed by atoms with van der Waals surface area (Å²) in [5.41, 5.74) is 1.47. The molecular formula is C18H32N+. The Labute approximate surface area is 120 Å². The molecule has 0 saturated heterocycles. The van der Waals surface area contributed by atoms with Crippen LogP contribution in [0.4, 0.5) is 0 Å². The number of aromatic nitrogens is 1. The molecule has 108 valence electrons. The van der Waals surface area contributed by atoms with Crippen LogP contribution in [0.5, 0.6) is 0 Å². The Morgan fingerprint density at radius 3 is 2.05 bits per heavy atom. The standard InChI is InChI=1S/C18H32N/c1-5-6-7-8-9-10-13-19-14-11-18(12-15-19)17(4)16(2)3/h11-12,14-17H,5-10,13H2,1-4H3/q+1. The van der Waals surface area contributed by atoms with Gasteiger partial charge in [0.2, 0.25) is 0 Å². The SMILES string of the molecule is CCCCCCCC[n+]1ccc(C(C)C(C)C)cc1. The van der Waals surface area contributed by atoms with Crippen LogP contribution in [-0.4, -0.2) is 0 Å². The molecule has 0 spiro atoms. The van der Waals surface area contributed by atoms with Gasteiger partial charge in [-0.2, -0.15) is 0 Å². The summed E-state index contributed by atoms with van der Waals surface area (Å²) in [5, 5.41) is 0. The lowest BCUT2D eigenvalue weighted by Gasteiger charge is -2.14. The molecule has 1 rings (SSSR count). The maximum Gasteiger partial charge on any atom is 0.169 e. The molecule has 0 saturated carbocycles. The minimum absolute atomic E-state index is 0.656. The van der Waals surface area contributed by atoms with Crippen LogP contribution in [0.1, 0.15) is 77.7 Å². The van der Waals surface area contributed by atoms with Crippen LogP contribution in [0.3, 0.4) is 0 Å². The van der Waals surface area contributed by atoms with E-state index < -0.39 is 0 Å². The summed E-state index contributed by atoms with van der Waals surface area (Å²) in [6.07, 6.45) is 12.7. The van der Waals surface area contributed by atoms with Gasteiger partial charge in [0.1, 0.15) is 6.54 Å². The third-order valence-electron chi connectivity index (χ3n) is 4.21. The van der Waals surface area contributed by atoms with Crippen LogP contribution < -0.4 is 4.57 Å². The van der Waals surface area contributed by atoms with Crippen molar-refractivity contribution in [3.63, 3.8) is 0 Å². The molecule has 0 aliphatic carbocycles. The fraction of sp³-hybridized carbons (Fsp3) is 0.722. The second-order valence-electron chi connectivity index (χ2n) is 6.17. The minimum atomic E-state index is 0.656. The Morgan fingerprint density at radius 1 is 0.895 bits per heavy atom. The van der Waals surface area contributed by atoms with E-state index in [9.17, 15) is 0 Å². The van der Waals surface area contributed by atoms with E-state index in [1.807, 2.05) is 0 Å². The topological polar surface area (TPSA) is 3.88 Å². The number of unbranched alkanes of at least 4 members (excludes halogenated alkanes) is 5. The van der Waals surface area contributed by atoms with Crippen molar-refractivity contribution in [2.45, 2.75) is 78.7 Å². The first-order chi connectivity index (χ1) is 9.15. The normalized spacial score (nSPS) is 12.9. The number of hydrogen-bond acceptors (Lipinski definition) is 0. The van der Waals surface area contributed by atoms with Gasteiger partial charge in [-0.3, -0.25) is 0 Å². The van der Waals surface area contributed by atoms with Gasteiger partial charge in [0.05, 0.1) is 0 Å². The highest BCUT2D eigenvalue weighted by Crippen LogP contribution is 2.22. The highest BCUT2D eigenvalue weighted by Gasteiger charge is 2.11. The predicted molar refractivity (Wildman–Crippen MR) is 83.3 cm³/mol. The number of aryl methyl sites for hydroxylation is 1. The van der Waals surface area contributed by atoms with E-state index in [0.717, 1.165) is 5.92 Å². The van der Waals surface area contributed by atoms with Crippen molar-refractivity contribution in [3.8, 4) is 0 Å². The van der Waals surface area contributed by atoms with Crippen LogP contribution >= 0.6 is 0 Å². The molecule has 1 aromatic heterocycles. The summed E-state index contributed by atoms with van der Waals surface area (Å²) in [5.74, 6) is 1.37. The molecule has 0 radical (unpaired) electrons. The molecule has 1 atom stereocenters. The molecule has 0 N–H and O–H groups in total. The first kappa shape index (κ1) is 16.2. The Balaban J connectivity index is 2.28. The highest BCUT2D eigenvalue weighted by molar-refractivity contribution is 5.13. The van der Waals surface area contributed by atoms with Gasteiger partial charge in [0.25, 0.3) is 0 Å². The summed E-state index contributed by atoms with van der Waals surface area (Å²) in [6, 6.07) is 4.59. The Morgan fingerprint density at radius 2 is 1.47 bits per heavy atom. The molecule has 0 fully saturated rings. The van der Waals surface area contributed by atoms with Crippen molar-refractivity contribution in [2.24, 2.45) is 5.92 Å². The molecule has 1 heteroatoms. The lowest BCUT2D eigenvalue weighted by Crippen LogP contribution is -2.32. The van der Waals surface area contributed by atoms with Crippen molar-refractivity contribution in [1.82, 2.24) is 0 Å². The average molecular weight is 262 g/mol. The van der Waals surface area contributed by atoms with Gasteiger partial charge >= 0.3 is 0 Å². The predicted octanol–water partition coefficient (Wildman–Crippen LogP) is 5.09. The largest absolute Gasteiger partial charge is 0.205 e. The summed E-state index contributed by atoms with van der Waals surface area (Å²) in [7, 11) is 0. The Bertz CT molecular complexity index is 326. The molecule has 0 aromatic carbocycles. The van der Waals surface area contributed by atoms with Gasteiger partial charge in [-0.1, -0.05) is 53.4 Å². The van der Waals surface area contributed by atoms with Crippen molar-refractivity contribution in [2.75, 3.05) is 0 Å². The third kappa shape index (κ3) is 6.22. The fourth-order valence-corrected chi connectivity index (χ4v) is 2.38. The van der Waals surface area contributed by atoms with Crippen LogP contribution in [0, 0.1) is 5.92 Å². The van der Waals surface area contributed by atoms with Gasteiger partial charge in [-0.15, -0.1) is 0 Å². The molecule has 0 aliphatic heterocycles. The minimum Gasteiger partial charge on any atom is -0.205 e. The van der Waals surface area contributed by atoms with Gasteiger partial charge in [0, 0.05) is 18.6 Å². The van der Waals surface area contributed by atoms with E-state index in [4.69, 9.17) is 0 Å². The second-order valence-corrected chi connectivity index (χ2v) is 6.17. The van der Waals surface area contributed by atoms with Gasteiger partial charge in [-0.05, 0) is 23.8 Å². The smallest absolute Gasteiger partial charge is 0.169 e. The van der Waals surface area contributed by atoms with E-state index in [1.54, 1.807) is 0 Å². The molecule has 19 heavy (non-hydrogen) atoms. The first-order valence-electron chi connectivity index (χ1n) is 8.14. The highest BCUT2D eigenvalue weighted by atomic mass is 14.9. The summed E-state index contributed by atoms with van der Waals surface area (Å²) in [6.45, 7) is 10.3. The summed E-state index contributed by atoms with van der Waals surface area (Å²) in [4.78, 5) is 0. The van der Waals surface area contributed by atoms with Gasteiger partial charge < -0.3 is 0 Å². The number of hydrogen-bond donors (Lipinski definition) is 0. The monoisotopic (exact) mass is 262 g/mol. The van der Waals surface area contributed by atoms with Crippen LogP contribution in [0.2, 0.25) is 0 Å². The van der Waals surface area contributed by atoms with Crippen LogP contribution in [-0.2, 0) is 6.54 Å². The zero-order valence-corrected chi connectivity index (χ0v) is 13.4. The molecule has 0 bridgehead atoms. The Kier molecular flexibility index (Phi) is 7.78. The maximum atomic E-state index is 2.33. The van der Waals surface area contributed by atoms with Crippen molar-refractivity contribution >= 4 is 0 Å². The van der Waals surface area contributed by atoms with E-state index in [2.05, 4.69) is 56.8 Å². The molecule has 1 heterocycles. The van der Waals surface area contributed by atoms with E-state index in [-0.39, 0.29) is 0 Å². The lowest BCUT2D eigenvalue weighted by molar-refractivity contribution is -0.697. The van der Waals surface area contributed by atoms with E-state index >= 15 is 0 Å². The molecular weight excluding hydrogens is 230 g/mol. The Hall–Kier alpha value is -0.850. The second kappa shape index (κ2) is 9.12. The van der Waals surface area contributed by atoms with Gasteiger partial charge in [-0.25, -0.2) is 4.57 Å². The summed E-state index contributed by atoms with van der Waals surface area (Å²) >= 11 is 0. The molecule has 1 unspecified atom stereocenters. The van der Waals surface area contributed by atoms with Crippen molar-refractivity contribution in [1.29, 1.82) is 0 Å². The molecule has 0 amide bonds. The number of nitrogens with zero attached hydrogens (tertiary/aromatic N) is 1. The third-order valence-corrected chi connectivity index (χ3v) is 4.21. The lowest BCUT2D eigenvalue weighted by atomic mass is 9.91. The first-order valence-corrected chi connectivity index (χ1v) is 8.14. The molecule has 1 nitrogen and oxygen atoms in total. The zero-order chi connectivity index (χ0) is 14.1. The zero-order valence-electron chi connectivity index (χ0n) is 13.4.